The molecule has 0 radical (unpaired) electrons. The van der Waals surface area contributed by atoms with Crippen LogP contribution in [0.4, 0.5) is 5.69 Å². The Labute approximate surface area is 119 Å². The van der Waals surface area contributed by atoms with Crippen molar-refractivity contribution in [2.45, 2.75) is 27.3 Å². The summed E-state index contributed by atoms with van der Waals surface area (Å²) in [6.07, 6.45) is 0. The minimum atomic E-state index is -0.891. The zero-order chi connectivity index (χ0) is 14.9. The molecule has 0 amide bonds. The average Bonchev–Trinajstić information content (AvgIpc) is 2.65. The minimum absolute atomic E-state index is 0.343. The SMILES string of the molecule is Cc1c(NCc2cc(C)n(C)c2C)cccc1C(=O)O. The van der Waals surface area contributed by atoms with Crippen LogP contribution >= 0.6 is 0 Å². The molecule has 0 spiro atoms. The largest absolute Gasteiger partial charge is 0.478 e. The molecule has 0 aliphatic heterocycles. The molecule has 2 rings (SSSR count). The first-order chi connectivity index (χ1) is 9.41. The molecule has 4 heteroatoms. The molecular formula is C16H20N2O2. The van der Waals surface area contributed by atoms with Gasteiger partial charge in [0.05, 0.1) is 5.56 Å². The summed E-state index contributed by atoms with van der Waals surface area (Å²) in [5.41, 5.74) is 5.65. The van der Waals surface area contributed by atoms with Gasteiger partial charge in [-0.15, -0.1) is 0 Å². The van der Waals surface area contributed by atoms with Crippen molar-refractivity contribution in [2.24, 2.45) is 7.05 Å². The molecule has 20 heavy (non-hydrogen) atoms. The number of carboxylic acids is 1. The highest BCUT2D eigenvalue weighted by Gasteiger charge is 2.11. The number of carbonyl (C=O) groups is 1. The molecule has 0 bridgehead atoms. The Morgan fingerprint density at radius 3 is 2.55 bits per heavy atom. The molecule has 1 heterocycles. The van der Waals surface area contributed by atoms with E-state index in [9.17, 15) is 4.79 Å². The standard InChI is InChI=1S/C16H20N2O2/c1-10-8-13(12(3)18(10)4)9-17-15-7-5-6-14(11(15)2)16(19)20/h5-8,17H,9H2,1-4H3,(H,19,20). The maximum absolute atomic E-state index is 11.1. The highest BCUT2D eigenvalue weighted by Crippen LogP contribution is 2.21. The van der Waals surface area contributed by atoms with E-state index in [2.05, 4.69) is 29.8 Å². The van der Waals surface area contributed by atoms with Gasteiger partial charge in [0, 0.05) is 30.7 Å². The first kappa shape index (κ1) is 14.2. The Hall–Kier alpha value is -2.23. The van der Waals surface area contributed by atoms with E-state index in [1.54, 1.807) is 12.1 Å². The molecular weight excluding hydrogens is 252 g/mol. The van der Waals surface area contributed by atoms with E-state index in [0.29, 0.717) is 12.1 Å². The molecule has 1 aromatic carbocycles. The van der Waals surface area contributed by atoms with Crippen molar-refractivity contribution in [1.29, 1.82) is 0 Å². The van der Waals surface area contributed by atoms with Gasteiger partial charge in [0.15, 0.2) is 0 Å². The zero-order valence-corrected chi connectivity index (χ0v) is 12.3. The number of nitrogens with zero attached hydrogens (tertiary/aromatic N) is 1. The molecule has 0 saturated carbocycles. The highest BCUT2D eigenvalue weighted by molar-refractivity contribution is 5.91. The van der Waals surface area contributed by atoms with Gasteiger partial charge in [0.25, 0.3) is 0 Å². The van der Waals surface area contributed by atoms with Crippen LogP contribution in [0.5, 0.6) is 0 Å². The summed E-state index contributed by atoms with van der Waals surface area (Å²) in [5.74, 6) is -0.891. The highest BCUT2D eigenvalue weighted by atomic mass is 16.4. The fraction of sp³-hybridized carbons (Fsp3) is 0.312. The lowest BCUT2D eigenvalue weighted by atomic mass is 10.1. The molecule has 106 valence electrons. The van der Waals surface area contributed by atoms with Gasteiger partial charge in [-0.2, -0.15) is 0 Å². The summed E-state index contributed by atoms with van der Waals surface area (Å²) in [6.45, 7) is 6.68. The third-order valence-electron chi connectivity index (χ3n) is 3.91. The Morgan fingerprint density at radius 2 is 2.00 bits per heavy atom. The predicted octanol–water partition coefficient (Wildman–Crippen LogP) is 3.26. The zero-order valence-electron chi connectivity index (χ0n) is 12.3. The van der Waals surface area contributed by atoms with E-state index < -0.39 is 5.97 Å². The molecule has 0 aliphatic rings. The molecule has 0 unspecified atom stereocenters. The smallest absolute Gasteiger partial charge is 0.336 e. The second-order valence-electron chi connectivity index (χ2n) is 5.09. The Kier molecular flexibility index (Phi) is 3.84. The topological polar surface area (TPSA) is 54.3 Å². The third-order valence-corrected chi connectivity index (χ3v) is 3.91. The lowest BCUT2D eigenvalue weighted by Crippen LogP contribution is -2.06. The van der Waals surface area contributed by atoms with Crippen LogP contribution in [0.15, 0.2) is 24.3 Å². The first-order valence-electron chi connectivity index (χ1n) is 6.60. The quantitative estimate of drug-likeness (QED) is 0.898. The molecule has 4 nitrogen and oxygen atoms in total. The van der Waals surface area contributed by atoms with E-state index >= 15 is 0 Å². The van der Waals surface area contributed by atoms with Crippen LogP contribution < -0.4 is 5.32 Å². The fourth-order valence-corrected chi connectivity index (χ4v) is 2.36. The predicted molar refractivity (Wildman–Crippen MR) is 80.4 cm³/mol. The average molecular weight is 272 g/mol. The molecule has 0 fully saturated rings. The molecule has 1 aromatic heterocycles. The van der Waals surface area contributed by atoms with Gasteiger partial charge in [-0.1, -0.05) is 6.07 Å². The van der Waals surface area contributed by atoms with Crippen LogP contribution in [-0.2, 0) is 13.6 Å². The van der Waals surface area contributed by atoms with Gasteiger partial charge in [0.2, 0.25) is 0 Å². The van der Waals surface area contributed by atoms with Crippen molar-refractivity contribution in [2.75, 3.05) is 5.32 Å². The van der Waals surface area contributed by atoms with Crippen molar-refractivity contribution in [3.63, 3.8) is 0 Å². The van der Waals surface area contributed by atoms with Crippen molar-refractivity contribution in [1.82, 2.24) is 4.57 Å². The number of nitrogens with one attached hydrogen (secondary N) is 1. The second kappa shape index (κ2) is 5.41. The van der Waals surface area contributed by atoms with Gasteiger partial charge in [-0.05, 0) is 50.1 Å². The van der Waals surface area contributed by atoms with Crippen molar-refractivity contribution in [3.05, 3.63) is 52.3 Å². The summed E-state index contributed by atoms with van der Waals surface area (Å²) in [4.78, 5) is 11.1. The number of aryl methyl sites for hydroxylation is 1. The first-order valence-corrected chi connectivity index (χ1v) is 6.60. The van der Waals surface area contributed by atoms with E-state index in [4.69, 9.17) is 5.11 Å². The van der Waals surface area contributed by atoms with Gasteiger partial charge in [0.1, 0.15) is 0 Å². The molecule has 2 N–H and O–H groups in total. The number of aromatic nitrogens is 1. The summed E-state index contributed by atoms with van der Waals surface area (Å²) in [7, 11) is 2.05. The molecule has 0 saturated heterocycles. The summed E-state index contributed by atoms with van der Waals surface area (Å²) in [5, 5.41) is 12.5. The lowest BCUT2D eigenvalue weighted by molar-refractivity contribution is 0.0696. The fourth-order valence-electron chi connectivity index (χ4n) is 2.36. The monoisotopic (exact) mass is 272 g/mol. The maximum atomic E-state index is 11.1. The third kappa shape index (κ3) is 2.54. The number of hydrogen-bond acceptors (Lipinski definition) is 2. The van der Waals surface area contributed by atoms with Crippen LogP contribution in [0.25, 0.3) is 0 Å². The van der Waals surface area contributed by atoms with Gasteiger partial charge >= 0.3 is 5.97 Å². The summed E-state index contributed by atoms with van der Waals surface area (Å²) in [6, 6.07) is 7.45. The summed E-state index contributed by atoms with van der Waals surface area (Å²) >= 11 is 0. The van der Waals surface area contributed by atoms with E-state index in [0.717, 1.165) is 11.3 Å². The maximum Gasteiger partial charge on any atom is 0.336 e. The van der Waals surface area contributed by atoms with Crippen LogP contribution in [0.3, 0.4) is 0 Å². The van der Waals surface area contributed by atoms with E-state index in [1.807, 2.05) is 20.0 Å². The molecule has 0 atom stereocenters. The van der Waals surface area contributed by atoms with Crippen LogP contribution in [0.2, 0.25) is 0 Å². The van der Waals surface area contributed by atoms with E-state index in [-0.39, 0.29) is 0 Å². The minimum Gasteiger partial charge on any atom is -0.478 e. The van der Waals surface area contributed by atoms with Crippen LogP contribution in [0, 0.1) is 20.8 Å². The number of anilines is 1. The molecule has 0 aliphatic carbocycles. The van der Waals surface area contributed by atoms with E-state index in [1.165, 1.54) is 17.0 Å². The van der Waals surface area contributed by atoms with Gasteiger partial charge < -0.3 is 15.0 Å². The summed E-state index contributed by atoms with van der Waals surface area (Å²) < 4.78 is 2.15. The number of aromatic carboxylic acids is 1. The van der Waals surface area contributed by atoms with Crippen molar-refractivity contribution in [3.8, 4) is 0 Å². The normalized spacial score (nSPS) is 10.6. The Balaban J connectivity index is 2.21. The van der Waals surface area contributed by atoms with Crippen LogP contribution in [-0.4, -0.2) is 15.6 Å². The Morgan fingerprint density at radius 1 is 1.30 bits per heavy atom. The number of carboxylic acid groups (broad SMARTS) is 1. The lowest BCUT2D eigenvalue weighted by Gasteiger charge is -2.11. The second-order valence-corrected chi connectivity index (χ2v) is 5.09. The molecule has 2 aromatic rings. The van der Waals surface area contributed by atoms with Gasteiger partial charge in [-0.3, -0.25) is 0 Å². The number of hydrogen-bond donors (Lipinski definition) is 2. The van der Waals surface area contributed by atoms with Crippen molar-refractivity contribution < 1.29 is 9.90 Å². The Bertz CT molecular complexity index is 657. The van der Waals surface area contributed by atoms with Crippen LogP contribution in [0.1, 0.15) is 32.9 Å². The number of benzene rings is 1. The van der Waals surface area contributed by atoms with Crippen molar-refractivity contribution >= 4 is 11.7 Å². The number of rotatable bonds is 4. The van der Waals surface area contributed by atoms with Gasteiger partial charge in [-0.25, -0.2) is 4.79 Å².